The van der Waals surface area contributed by atoms with Gasteiger partial charge in [-0.3, -0.25) is 4.79 Å². The van der Waals surface area contributed by atoms with Crippen LogP contribution in [-0.2, 0) is 4.79 Å². The zero-order valence-corrected chi connectivity index (χ0v) is 12.5. The predicted octanol–water partition coefficient (Wildman–Crippen LogP) is 2.80. The molecule has 116 valence electrons. The first-order valence-corrected chi connectivity index (χ1v) is 7.88. The van der Waals surface area contributed by atoms with Gasteiger partial charge in [0.25, 0.3) is 0 Å². The molecule has 0 bridgehead atoms. The van der Waals surface area contributed by atoms with Crippen molar-refractivity contribution in [3.8, 4) is 0 Å². The van der Waals surface area contributed by atoms with Gasteiger partial charge < -0.3 is 10.2 Å². The summed E-state index contributed by atoms with van der Waals surface area (Å²) in [6.45, 7) is 5.73. The first-order chi connectivity index (χ1) is 9.46. The van der Waals surface area contributed by atoms with Gasteiger partial charge in [-0.15, -0.1) is 0 Å². The van der Waals surface area contributed by atoms with E-state index in [1.807, 2.05) is 4.90 Å². The maximum absolute atomic E-state index is 13.2. The Bertz CT molecular complexity index is 339. The summed E-state index contributed by atoms with van der Waals surface area (Å²) < 4.78 is 26.4. The Morgan fingerprint density at radius 2 is 1.90 bits per heavy atom. The highest BCUT2D eigenvalue weighted by molar-refractivity contribution is 5.79. The average molecular weight is 288 g/mol. The van der Waals surface area contributed by atoms with Gasteiger partial charge in [0.05, 0.1) is 0 Å². The van der Waals surface area contributed by atoms with Crippen LogP contribution in [0.4, 0.5) is 8.78 Å². The van der Waals surface area contributed by atoms with E-state index < -0.39 is 5.92 Å². The van der Waals surface area contributed by atoms with Crippen LogP contribution in [-0.4, -0.2) is 41.9 Å². The van der Waals surface area contributed by atoms with Gasteiger partial charge in [-0.2, -0.15) is 0 Å². The molecule has 20 heavy (non-hydrogen) atoms. The molecule has 3 nitrogen and oxygen atoms in total. The molecule has 2 aliphatic rings. The van der Waals surface area contributed by atoms with Gasteiger partial charge in [0, 0.05) is 43.9 Å². The highest BCUT2D eigenvalue weighted by Crippen LogP contribution is 2.37. The largest absolute Gasteiger partial charge is 0.337 e. The van der Waals surface area contributed by atoms with Gasteiger partial charge in [0.15, 0.2) is 0 Å². The van der Waals surface area contributed by atoms with E-state index in [4.69, 9.17) is 0 Å². The van der Waals surface area contributed by atoms with Crippen molar-refractivity contribution < 1.29 is 13.6 Å². The molecular weight excluding hydrogens is 262 g/mol. The highest BCUT2D eigenvalue weighted by atomic mass is 19.3. The van der Waals surface area contributed by atoms with E-state index in [9.17, 15) is 13.6 Å². The van der Waals surface area contributed by atoms with E-state index in [0.717, 1.165) is 25.9 Å². The van der Waals surface area contributed by atoms with Crippen LogP contribution in [0.2, 0.25) is 0 Å². The molecule has 1 aliphatic carbocycles. The molecule has 1 N–H and O–H groups in total. The summed E-state index contributed by atoms with van der Waals surface area (Å²) in [5.74, 6) is -2.65. The van der Waals surface area contributed by atoms with E-state index >= 15 is 0 Å². The normalized spacial score (nSPS) is 31.3. The zero-order chi connectivity index (χ0) is 14.8. The van der Waals surface area contributed by atoms with Crippen molar-refractivity contribution in [3.05, 3.63) is 0 Å². The number of rotatable bonds is 3. The second kappa shape index (κ2) is 6.37. The minimum absolute atomic E-state index is 0.104. The van der Waals surface area contributed by atoms with Gasteiger partial charge in [0.1, 0.15) is 0 Å². The van der Waals surface area contributed by atoms with Crippen molar-refractivity contribution in [2.75, 3.05) is 13.1 Å². The fourth-order valence-electron chi connectivity index (χ4n) is 3.29. The van der Waals surface area contributed by atoms with Gasteiger partial charge in [-0.25, -0.2) is 8.78 Å². The fourth-order valence-corrected chi connectivity index (χ4v) is 3.29. The number of piperazine rings is 1. The molecule has 0 spiro atoms. The molecule has 0 aromatic rings. The van der Waals surface area contributed by atoms with Crippen molar-refractivity contribution in [1.29, 1.82) is 0 Å². The lowest BCUT2D eigenvalue weighted by Gasteiger charge is -2.42. The number of nitrogens with one attached hydrogen (secondary N) is 1. The third-order valence-electron chi connectivity index (χ3n) is 4.81. The standard InChI is InChI=1S/C15H26F2N2O/c1-3-12-10-19(13(4-2)9-18-12)14(20)11-5-7-15(16,17)8-6-11/h11-13,18H,3-10H2,1-2H3. The van der Waals surface area contributed by atoms with Crippen LogP contribution >= 0.6 is 0 Å². The number of hydrogen-bond donors (Lipinski definition) is 1. The summed E-state index contributed by atoms with van der Waals surface area (Å²) >= 11 is 0. The van der Waals surface area contributed by atoms with Gasteiger partial charge in [0.2, 0.25) is 11.8 Å². The van der Waals surface area contributed by atoms with Crippen LogP contribution in [0.25, 0.3) is 0 Å². The lowest BCUT2D eigenvalue weighted by Crippen LogP contribution is -2.59. The van der Waals surface area contributed by atoms with Gasteiger partial charge in [-0.1, -0.05) is 13.8 Å². The summed E-state index contributed by atoms with van der Waals surface area (Å²) in [4.78, 5) is 14.6. The number of alkyl halides is 2. The lowest BCUT2D eigenvalue weighted by molar-refractivity contribution is -0.143. The molecule has 5 heteroatoms. The second-order valence-electron chi connectivity index (χ2n) is 6.20. The molecule has 0 radical (unpaired) electrons. The first kappa shape index (κ1) is 15.7. The monoisotopic (exact) mass is 288 g/mol. The molecule has 1 heterocycles. The maximum atomic E-state index is 13.2. The SMILES string of the molecule is CCC1CN(C(=O)C2CCC(F)(F)CC2)C(CC)CN1. The van der Waals surface area contributed by atoms with Crippen LogP contribution in [0.15, 0.2) is 0 Å². The van der Waals surface area contributed by atoms with E-state index in [1.165, 1.54) is 0 Å². The second-order valence-corrected chi connectivity index (χ2v) is 6.20. The average Bonchev–Trinajstić information content (AvgIpc) is 2.45. The lowest BCUT2D eigenvalue weighted by atomic mass is 9.85. The molecule has 0 aromatic heterocycles. The van der Waals surface area contributed by atoms with Gasteiger partial charge in [-0.05, 0) is 25.7 Å². The number of amides is 1. The maximum Gasteiger partial charge on any atom is 0.248 e. The smallest absolute Gasteiger partial charge is 0.248 e. The van der Waals surface area contributed by atoms with Crippen LogP contribution in [0, 0.1) is 5.92 Å². The molecule has 1 saturated heterocycles. The third kappa shape index (κ3) is 3.48. The quantitative estimate of drug-likeness (QED) is 0.866. The Labute approximate surface area is 120 Å². The Hall–Kier alpha value is -0.710. The Morgan fingerprint density at radius 1 is 1.25 bits per heavy atom. The summed E-state index contributed by atoms with van der Waals surface area (Å²) in [6.07, 6.45) is 2.31. The third-order valence-corrected chi connectivity index (χ3v) is 4.81. The van der Waals surface area contributed by atoms with Crippen LogP contribution in [0.5, 0.6) is 0 Å². The highest BCUT2D eigenvalue weighted by Gasteiger charge is 2.40. The number of nitrogens with zero attached hydrogens (tertiary/aromatic N) is 1. The van der Waals surface area contributed by atoms with E-state index in [2.05, 4.69) is 19.2 Å². The van der Waals surface area contributed by atoms with E-state index in [0.29, 0.717) is 18.9 Å². The van der Waals surface area contributed by atoms with Crippen molar-refractivity contribution in [3.63, 3.8) is 0 Å². The summed E-state index contributed by atoms with van der Waals surface area (Å²) in [7, 11) is 0. The summed E-state index contributed by atoms with van der Waals surface area (Å²) in [6, 6.07) is 0.555. The van der Waals surface area contributed by atoms with Crippen molar-refractivity contribution in [2.45, 2.75) is 70.4 Å². The van der Waals surface area contributed by atoms with Crippen molar-refractivity contribution in [2.24, 2.45) is 5.92 Å². The van der Waals surface area contributed by atoms with Crippen LogP contribution in [0.3, 0.4) is 0 Å². The molecular formula is C15H26F2N2O. The number of hydrogen-bond acceptors (Lipinski definition) is 2. The first-order valence-electron chi connectivity index (χ1n) is 7.88. The molecule has 1 aliphatic heterocycles. The zero-order valence-electron chi connectivity index (χ0n) is 12.5. The van der Waals surface area contributed by atoms with Gasteiger partial charge >= 0.3 is 0 Å². The minimum Gasteiger partial charge on any atom is -0.337 e. The van der Waals surface area contributed by atoms with E-state index in [-0.39, 0.29) is 30.7 Å². The molecule has 2 fully saturated rings. The number of halogens is 2. The Balaban J connectivity index is 1.98. The van der Waals surface area contributed by atoms with Crippen LogP contribution in [0.1, 0.15) is 52.4 Å². The number of carbonyl (C=O) groups is 1. The van der Waals surface area contributed by atoms with Crippen molar-refractivity contribution >= 4 is 5.91 Å². The fraction of sp³-hybridized carbons (Fsp3) is 0.933. The summed E-state index contributed by atoms with van der Waals surface area (Å²) in [5, 5.41) is 3.46. The summed E-state index contributed by atoms with van der Waals surface area (Å²) in [5.41, 5.74) is 0. The molecule has 2 rings (SSSR count). The molecule has 1 amide bonds. The van der Waals surface area contributed by atoms with Crippen molar-refractivity contribution in [1.82, 2.24) is 10.2 Å². The minimum atomic E-state index is -2.56. The molecule has 2 atom stereocenters. The van der Waals surface area contributed by atoms with Crippen LogP contribution < -0.4 is 5.32 Å². The Kier molecular flexibility index (Phi) is 4.99. The topological polar surface area (TPSA) is 32.3 Å². The Morgan fingerprint density at radius 3 is 2.45 bits per heavy atom. The predicted molar refractivity (Wildman–Crippen MR) is 74.8 cm³/mol. The molecule has 0 aromatic carbocycles. The number of carbonyl (C=O) groups excluding carboxylic acids is 1. The molecule has 1 saturated carbocycles. The van der Waals surface area contributed by atoms with E-state index in [1.54, 1.807) is 0 Å². The molecule has 2 unspecified atom stereocenters.